The summed E-state index contributed by atoms with van der Waals surface area (Å²) in [6.45, 7) is 1.93. The van der Waals surface area contributed by atoms with Gasteiger partial charge in [0.25, 0.3) is 5.91 Å². The van der Waals surface area contributed by atoms with Crippen molar-refractivity contribution < 1.29 is 18.7 Å². The van der Waals surface area contributed by atoms with Gasteiger partial charge >= 0.3 is 0 Å². The lowest BCUT2D eigenvalue weighted by Gasteiger charge is -2.31. The Kier molecular flexibility index (Phi) is 7.14. The van der Waals surface area contributed by atoms with E-state index in [1.54, 1.807) is 48.7 Å². The first kappa shape index (κ1) is 20.0. The Morgan fingerprint density at radius 2 is 1.96 bits per heavy atom. The van der Waals surface area contributed by atoms with E-state index in [2.05, 4.69) is 5.32 Å². The topological polar surface area (TPSA) is 71.8 Å². The first-order valence-electron chi connectivity index (χ1n) is 9.26. The molecule has 2 heterocycles. The number of likely N-dealkylation sites (tertiary alicyclic amines) is 1. The molecule has 0 radical (unpaired) electrons. The quantitative estimate of drug-likeness (QED) is 0.720. The summed E-state index contributed by atoms with van der Waals surface area (Å²) in [5, 5.41) is 3.53. The van der Waals surface area contributed by atoms with Crippen LogP contribution >= 0.6 is 11.6 Å². The Balaban J connectivity index is 1.33. The highest BCUT2D eigenvalue weighted by Crippen LogP contribution is 2.17. The molecule has 1 fully saturated rings. The summed E-state index contributed by atoms with van der Waals surface area (Å²) >= 11 is 5.81. The van der Waals surface area contributed by atoms with Gasteiger partial charge in [-0.25, -0.2) is 0 Å². The van der Waals surface area contributed by atoms with Gasteiger partial charge in [0.2, 0.25) is 5.91 Å². The van der Waals surface area contributed by atoms with E-state index in [4.69, 9.17) is 20.8 Å². The number of hydrogen-bond donors (Lipinski definition) is 1. The molecule has 148 valence electrons. The largest absolute Gasteiger partial charge is 0.484 e. The van der Waals surface area contributed by atoms with Crippen molar-refractivity contribution in [1.82, 2.24) is 10.2 Å². The molecule has 2 amide bonds. The highest BCUT2D eigenvalue weighted by Gasteiger charge is 2.22. The fourth-order valence-electron chi connectivity index (χ4n) is 2.99. The van der Waals surface area contributed by atoms with Crippen LogP contribution in [-0.4, -0.2) is 43.0 Å². The predicted octanol–water partition coefficient (Wildman–Crippen LogP) is 3.38. The van der Waals surface area contributed by atoms with Crippen molar-refractivity contribution in [3.8, 4) is 5.75 Å². The van der Waals surface area contributed by atoms with Gasteiger partial charge in [0.05, 0.1) is 6.26 Å². The zero-order valence-electron chi connectivity index (χ0n) is 15.5. The molecule has 1 aliphatic heterocycles. The van der Waals surface area contributed by atoms with Crippen molar-refractivity contribution in [3.05, 3.63) is 59.5 Å². The number of amides is 2. The first-order chi connectivity index (χ1) is 13.6. The lowest BCUT2D eigenvalue weighted by atomic mass is 9.96. The number of nitrogens with zero attached hydrogens (tertiary/aromatic N) is 1. The number of furan rings is 1. The summed E-state index contributed by atoms with van der Waals surface area (Å²) in [6, 6.07) is 10.5. The number of carbonyl (C=O) groups is 2. The zero-order valence-corrected chi connectivity index (χ0v) is 16.2. The molecule has 1 N–H and O–H groups in total. The first-order valence-corrected chi connectivity index (χ1v) is 9.63. The Labute approximate surface area is 169 Å². The van der Waals surface area contributed by atoms with E-state index in [1.807, 2.05) is 4.90 Å². The number of piperidine rings is 1. The van der Waals surface area contributed by atoms with Crippen LogP contribution < -0.4 is 10.1 Å². The third-order valence-electron chi connectivity index (χ3n) is 4.63. The van der Waals surface area contributed by atoms with Gasteiger partial charge in [0, 0.05) is 30.7 Å². The van der Waals surface area contributed by atoms with Crippen molar-refractivity contribution in [2.24, 2.45) is 5.92 Å². The predicted molar refractivity (Wildman–Crippen MR) is 107 cm³/mol. The average molecular weight is 403 g/mol. The molecular formula is C21H23ClN2O4. The SMILES string of the molecule is O=C(COc1ccc(Cl)cc1)NCC1CCN(C(=O)/C=C/c2ccco2)CC1. The molecule has 0 aliphatic carbocycles. The van der Waals surface area contributed by atoms with E-state index in [0.717, 1.165) is 12.8 Å². The molecule has 1 aromatic carbocycles. The van der Waals surface area contributed by atoms with Gasteiger partial charge in [-0.05, 0) is 61.2 Å². The minimum absolute atomic E-state index is 0.0183. The summed E-state index contributed by atoms with van der Waals surface area (Å²) in [7, 11) is 0. The molecule has 2 aromatic rings. The maximum Gasteiger partial charge on any atom is 0.257 e. The second kappa shape index (κ2) is 9.99. The highest BCUT2D eigenvalue weighted by molar-refractivity contribution is 6.30. The lowest BCUT2D eigenvalue weighted by molar-refractivity contribution is -0.128. The molecule has 0 unspecified atom stereocenters. The van der Waals surface area contributed by atoms with Crippen LogP contribution in [0.3, 0.4) is 0 Å². The van der Waals surface area contributed by atoms with Crippen LogP contribution in [-0.2, 0) is 9.59 Å². The van der Waals surface area contributed by atoms with E-state index >= 15 is 0 Å². The highest BCUT2D eigenvalue weighted by atomic mass is 35.5. The number of ether oxygens (including phenoxy) is 1. The molecule has 0 atom stereocenters. The molecule has 28 heavy (non-hydrogen) atoms. The van der Waals surface area contributed by atoms with Crippen molar-refractivity contribution >= 4 is 29.5 Å². The number of rotatable bonds is 7. The van der Waals surface area contributed by atoms with Gasteiger partial charge in [-0.2, -0.15) is 0 Å². The van der Waals surface area contributed by atoms with E-state index in [9.17, 15) is 9.59 Å². The summed E-state index contributed by atoms with van der Waals surface area (Å²) in [5.41, 5.74) is 0. The summed E-state index contributed by atoms with van der Waals surface area (Å²) in [6.07, 6.45) is 6.51. The van der Waals surface area contributed by atoms with E-state index < -0.39 is 0 Å². The van der Waals surface area contributed by atoms with Crippen molar-refractivity contribution in [1.29, 1.82) is 0 Å². The fraction of sp³-hybridized carbons (Fsp3) is 0.333. The van der Waals surface area contributed by atoms with Crippen LogP contribution in [0, 0.1) is 5.92 Å². The average Bonchev–Trinajstić information content (AvgIpc) is 3.24. The van der Waals surface area contributed by atoms with Crippen LogP contribution in [0.5, 0.6) is 5.75 Å². The molecule has 1 saturated heterocycles. The molecule has 0 bridgehead atoms. The van der Waals surface area contributed by atoms with Crippen molar-refractivity contribution in [3.63, 3.8) is 0 Å². The third kappa shape index (κ3) is 6.16. The Bertz CT molecular complexity index is 794. The minimum Gasteiger partial charge on any atom is -0.484 e. The molecule has 7 heteroatoms. The number of benzene rings is 1. The van der Waals surface area contributed by atoms with E-state index in [0.29, 0.717) is 42.1 Å². The molecule has 0 spiro atoms. The van der Waals surface area contributed by atoms with E-state index in [-0.39, 0.29) is 18.4 Å². The van der Waals surface area contributed by atoms with Crippen LogP contribution in [0.2, 0.25) is 5.02 Å². The fourth-order valence-corrected chi connectivity index (χ4v) is 3.12. The smallest absolute Gasteiger partial charge is 0.257 e. The monoisotopic (exact) mass is 402 g/mol. The summed E-state index contributed by atoms with van der Waals surface area (Å²) in [5.74, 6) is 1.45. The Hall–Kier alpha value is -2.73. The van der Waals surface area contributed by atoms with Crippen molar-refractivity contribution in [2.75, 3.05) is 26.2 Å². The molecule has 0 saturated carbocycles. The Morgan fingerprint density at radius 1 is 1.21 bits per heavy atom. The summed E-state index contributed by atoms with van der Waals surface area (Å²) in [4.78, 5) is 26.0. The Morgan fingerprint density at radius 3 is 2.64 bits per heavy atom. The normalized spacial score (nSPS) is 15.0. The summed E-state index contributed by atoms with van der Waals surface area (Å²) < 4.78 is 10.6. The number of nitrogens with one attached hydrogen (secondary N) is 1. The number of carbonyl (C=O) groups excluding carboxylic acids is 2. The van der Waals surface area contributed by atoms with Gasteiger partial charge < -0.3 is 19.4 Å². The number of halogens is 1. The van der Waals surface area contributed by atoms with Gasteiger partial charge in [0.15, 0.2) is 6.61 Å². The molecule has 1 aliphatic rings. The van der Waals surface area contributed by atoms with Crippen molar-refractivity contribution in [2.45, 2.75) is 12.8 Å². The molecule has 1 aromatic heterocycles. The molecular weight excluding hydrogens is 380 g/mol. The maximum absolute atomic E-state index is 12.2. The van der Waals surface area contributed by atoms with Crippen LogP contribution in [0.25, 0.3) is 6.08 Å². The lowest BCUT2D eigenvalue weighted by Crippen LogP contribution is -2.41. The second-order valence-electron chi connectivity index (χ2n) is 6.66. The zero-order chi connectivity index (χ0) is 19.8. The van der Waals surface area contributed by atoms with Crippen LogP contribution in [0.1, 0.15) is 18.6 Å². The van der Waals surface area contributed by atoms with Gasteiger partial charge in [-0.15, -0.1) is 0 Å². The van der Waals surface area contributed by atoms with Crippen LogP contribution in [0.4, 0.5) is 0 Å². The molecule has 6 nitrogen and oxygen atoms in total. The van der Waals surface area contributed by atoms with Gasteiger partial charge in [0.1, 0.15) is 11.5 Å². The molecule has 3 rings (SSSR count). The standard InChI is InChI=1S/C21H23ClN2O4/c22-17-3-5-19(6-4-17)28-15-20(25)23-14-16-9-11-24(12-10-16)21(26)8-7-18-2-1-13-27-18/h1-8,13,16H,9-12,14-15H2,(H,23,25)/b8-7+. The second-order valence-corrected chi connectivity index (χ2v) is 7.10. The third-order valence-corrected chi connectivity index (χ3v) is 4.88. The number of hydrogen-bond acceptors (Lipinski definition) is 4. The minimum atomic E-state index is -0.158. The van der Waals surface area contributed by atoms with Crippen LogP contribution in [0.15, 0.2) is 53.2 Å². The van der Waals surface area contributed by atoms with Gasteiger partial charge in [-0.3, -0.25) is 9.59 Å². The van der Waals surface area contributed by atoms with Gasteiger partial charge in [-0.1, -0.05) is 11.6 Å². The maximum atomic E-state index is 12.2. The van der Waals surface area contributed by atoms with E-state index in [1.165, 1.54) is 6.08 Å².